The number of amides is 2. The summed E-state index contributed by atoms with van der Waals surface area (Å²) in [5.41, 5.74) is 1.63. The van der Waals surface area contributed by atoms with Gasteiger partial charge in [0.25, 0.3) is 5.91 Å². The number of alkyl halides is 3. The lowest BCUT2D eigenvalue weighted by atomic mass is 9.95. The van der Waals surface area contributed by atoms with Gasteiger partial charge >= 0.3 is 6.18 Å². The largest absolute Gasteiger partial charge is 0.416 e. The third kappa shape index (κ3) is 5.37. The van der Waals surface area contributed by atoms with E-state index in [4.69, 9.17) is 0 Å². The summed E-state index contributed by atoms with van der Waals surface area (Å²) in [4.78, 5) is 26.5. The zero-order valence-corrected chi connectivity index (χ0v) is 16.1. The fourth-order valence-electron chi connectivity index (χ4n) is 3.37. The van der Waals surface area contributed by atoms with E-state index in [1.807, 2.05) is 31.2 Å². The van der Waals surface area contributed by atoms with Crippen LogP contribution in [0.3, 0.4) is 0 Å². The highest BCUT2D eigenvalue weighted by Gasteiger charge is 2.31. The van der Waals surface area contributed by atoms with Gasteiger partial charge in [-0.3, -0.25) is 9.59 Å². The Kier molecular flexibility index (Phi) is 6.25. The van der Waals surface area contributed by atoms with Crippen LogP contribution in [0.5, 0.6) is 0 Å². The quantitative estimate of drug-likeness (QED) is 0.831. The highest BCUT2D eigenvalue weighted by atomic mass is 19.4. The molecule has 0 spiro atoms. The summed E-state index contributed by atoms with van der Waals surface area (Å²) in [5, 5.41) is 2.94. The predicted octanol–water partition coefficient (Wildman–Crippen LogP) is 4.18. The molecule has 2 aromatic rings. The molecule has 0 atom stereocenters. The van der Waals surface area contributed by atoms with E-state index in [9.17, 15) is 22.8 Å². The first kappa shape index (κ1) is 20.9. The maximum atomic E-state index is 12.6. The summed E-state index contributed by atoms with van der Waals surface area (Å²) < 4.78 is 37.9. The summed E-state index contributed by atoms with van der Waals surface area (Å²) in [6, 6.07) is 12.2. The number of piperidine rings is 1. The number of benzene rings is 2. The van der Waals surface area contributed by atoms with Gasteiger partial charge < -0.3 is 10.2 Å². The molecule has 1 aliphatic heterocycles. The summed E-state index contributed by atoms with van der Waals surface area (Å²) in [7, 11) is 0. The van der Waals surface area contributed by atoms with Gasteiger partial charge in [0.1, 0.15) is 0 Å². The summed E-state index contributed by atoms with van der Waals surface area (Å²) >= 11 is 0. The standard InChI is InChI=1S/C22H23F3N2O2/c1-15-2-4-16(5-3-15)14-26-20(28)17-10-12-27(13-11-17)21(29)18-6-8-19(9-7-18)22(23,24)25/h2-9,17H,10-14H2,1H3,(H,26,28). The van der Waals surface area contributed by atoms with Crippen LogP contribution in [0.25, 0.3) is 0 Å². The molecule has 1 fully saturated rings. The van der Waals surface area contributed by atoms with Crippen LogP contribution in [0.1, 0.15) is 39.9 Å². The lowest BCUT2D eigenvalue weighted by Gasteiger charge is -2.31. The van der Waals surface area contributed by atoms with E-state index in [-0.39, 0.29) is 23.3 Å². The van der Waals surface area contributed by atoms with Crippen molar-refractivity contribution in [1.29, 1.82) is 0 Å². The number of hydrogen-bond acceptors (Lipinski definition) is 2. The van der Waals surface area contributed by atoms with Crippen molar-refractivity contribution >= 4 is 11.8 Å². The maximum absolute atomic E-state index is 12.6. The zero-order chi connectivity index (χ0) is 21.0. The Labute approximate surface area is 167 Å². The van der Waals surface area contributed by atoms with Crippen molar-refractivity contribution in [1.82, 2.24) is 10.2 Å². The molecule has 0 aromatic heterocycles. The number of carbonyl (C=O) groups excluding carboxylic acids is 2. The Morgan fingerprint density at radius 2 is 1.59 bits per heavy atom. The molecule has 0 bridgehead atoms. The molecule has 0 saturated carbocycles. The van der Waals surface area contributed by atoms with E-state index in [1.165, 1.54) is 12.1 Å². The predicted molar refractivity (Wildman–Crippen MR) is 103 cm³/mol. The third-order valence-electron chi connectivity index (χ3n) is 5.20. The first-order valence-electron chi connectivity index (χ1n) is 9.54. The SMILES string of the molecule is Cc1ccc(CNC(=O)C2CCN(C(=O)c3ccc(C(F)(F)F)cc3)CC2)cc1. The highest BCUT2D eigenvalue weighted by molar-refractivity contribution is 5.94. The van der Waals surface area contributed by atoms with Crippen LogP contribution in [-0.4, -0.2) is 29.8 Å². The second-order valence-corrected chi connectivity index (χ2v) is 7.34. The number of likely N-dealkylation sites (tertiary alicyclic amines) is 1. The summed E-state index contributed by atoms with van der Waals surface area (Å²) in [6.07, 6.45) is -3.36. The first-order valence-corrected chi connectivity index (χ1v) is 9.54. The number of halogens is 3. The molecule has 29 heavy (non-hydrogen) atoms. The number of nitrogens with one attached hydrogen (secondary N) is 1. The molecular formula is C22H23F3N2O2. The Morgan fingerprint density at radius 1 is 1.00 bits per heavy atom. The van der Waals surface area contributed by atoms with Gasteiger partial charge in [0, 0.05) is 31.1 Å². The molecule has 0 radical (unpaired) electrons. The maximum Gasteiger partial charge on any atom is 0.416 e. The molecule has 2 aromatic carbocycles. The molecule has 1 aliphatic rings. The van der Waals surface area contributed by atoms with Crippen molar-refractivity contribution in [3.05, 3.63) is 70.8 Å². The minimum Gasteiger partial charge on any atom is -0.352 e. The van der Waals surface area contributed by atoms with Crippen LogP contribution in [0.15, 0.2) is 48.5 Å². The molecule has 4 nitrogen and oxygen atoms in total. The van der Waals surface area contributed by atoms with Gasteiger partial charge in [-0.05, 0) is 49.6 Å². The Morgan fingerprint density at radius 3 is 2.14 bits per heavy atom. The van der Waals surface area contributed by atoms with Crippen molar-refractivity contribution in [2.75, 3.05) is 13.1 Å². The summed E-state index contributed by atoms with van der Waals surface area (Å²) in [6.45, 7) is 3.27. The first-order chi connectivity index (χ1) is 13.7. The van der Waals surface area contributed by atoms with E-state index in [0.29, 0.717) is 32.5 Å². The van der Waals surface area contributed by atoms with Gasteiger partial charge in [0.15, 0.2) is 0 Å². The van der Waals surface area contributed by atoms with Crippen molar-refractivity contribution in [2.45, 2.75) is 32.5 Å². The Bertz CT molecular complexity index is 853. The topological polar surface area (TPSA) is 49.4 Å². The van der Waals surface area contributed by atoms with Gasteiger partial charge in [-0.2, -0.15) is 13.2 Å². The summed E-state index contributed by atoms with van der Waals surface area (Å²) in [5.74, 6) is -0.512. The van der Waals surface area contributed by atoms with E-state index >= 15 is 0 Å². The molecular weight excluding hydrogens is 381 g/mol. The van der Waals surface area contributed by atoms with Gasteiger partial charge in [0.05, 0.1) is 5.56 Å². The van der Waals surface area contributed by atoms with E-state index in [1.54, 1.807) is 4.90 Å². The number of carbonyl (C=O) groups is 2. The van der Waals surface area contributed by atoms with Crippen LogP contribution in [0.4, 0.5) is 13.2 Å². The number of nitrogens with zero attached hydrogens (tertiary/aromatic N) is 1. The van der Waals surface area contributed by atoms with E-state index < -0.39 is 11.7 Å². The van der Waals surface area contributed by atoms with Crippen molar-refractivity contribution in [3.8, 4) is 0 Å². The number of hydrogen-bond donors (Lipinski definition) is 1. The van der Waals surface area contributed by atoms with Crippen LogP contribution < -0.4 is 5.32 Å². The van der Waals surface area contributed by atoms with Crippen molar-refractivity contribution < 1.29 is 22.8 Å². The number of aryl methyl sites for hydroxylation is 1. The minimum atomic E-state index is -4.42. The lowest BCUT2D eigenvalue weighted by Crippen LogP contribution is -2.42. The number of rotatable bonds is 4. The molecule has 0 unspecified atom stereocenters. The fourth-order valence-corrected chi connectivity index (χ4v) is 3.37. The third-order valence-corrected chi connectivity index (χ3v) is 5.20. The molecule has 154 valence electrons. The van der Waals surface area contributed by atoms with Crippen LogP contribution in [-0.2, 0) is 17.5 Å². The molecule has 7 heteroatoms. The van der Waals surface area contributed by atoms with Crippen molar-refractivity contribution in [3.63, 3.8) is 0 Å². The second-order valence-electron chi connectivity index (χ2n) is 7.34. The molecule has 1 saturated heterocycles. The monoisotopic (exact) mass is 404 g/mol. The minimum absolute atomic E-state index is 0.0350. The normalized spacial score (nSPS) is 15.2. The lowest BCUT2D eigenvalue weighted by molar-refractivity contribution is -0.137. The van der Waals surface area contributed by atoms with Crippen LogP contribution >= 0.6 is 0 Å². The van der Waals surface area contributed by atoms with Gasteiger partial charge in [-0.25, -0.2) is 0 Å². The van der Waals surface area contributed by atoms with Gasteiger partial charge in [-0.15, -0.1) is 0 Å². The Balaban J connectivity index is 1.49. The smallest absolute Gasteiger partial charge is 0.352 e. The van der Waals surface area contributed by atoms with Gasteiger partial charge in [0.2, 0.25) is 5.91 Å². The van der Waals surface area contributed by atoms with Crippen LogP contribution in [0.2, 0.25) is 0 Å². The van der Waals surface area contributed by atoms with Crippen LogP contribution in [0, 0.1) is 12.8 Å². The second kappa shape index (κ2) is 8.68. The Hall–Kier alpha value is -2.83. The fraction of sp³-hybridized carbons (Fsp3) is 0.364. The van der Waals surface area contributed by atoms with E-state index in [0.717, 1.165) is 23.3 Å². The average Bonchev–Trinajstić information content (AvgIpc) is 2.72. The van der Waals surface area contributed by atoms with Crippen molar-refractivity contribution in [2.24, 2.45) is 5.92 Å². The van der Waals surface area contributed by atoms with Gasteiger partial charge in [-0.1, -0.05) is 29.8 Å². The molecule has 1 N–H and O–H groups in total. The average molecular weight is 404 g/mol. The highest BCUT2D eigenvalue weighted by Crippen LogP contribution is 2.29. The molecule has 3 rings (SSSR count). The zero-order valence-electron chi connectivity index (χ0n) is 16.1. The van der Waals surface area contributed by atoms with E-state index in [2.05, 4.69) is 5.32 Å². The molecule has 1 heterocycles. The molecule has 0 aliphatic carbocycles. The molecule has 2 amide bonds.